The number of carbonyl (C=O) groups excluding carboxylic acids is 1. The molecule has 96 valence electrons. The maximum Gasteiger partial charge on any atom is 0.356 e. The molecule has 0 atom stereocenters. The van der Waals surface area contributed by atoms with Crippen molar-refractivity contribution >= 4 is 17.7 Å². The van der Waals surface area contributed by atoms with Crippen molar-refractivity contribution < 1.29 is 14.7 Å². The van der Waals surface area contributed by atoms with Gasteiger partial charge in [-0.1, -0.05) is 0 Å². The van der Waals surface area contributed by atoms with Gasteiger partial charge in [0.15, 0.2) is 5.69 Å². The molecule has 0 bridgehead atoms. The molecule has 0 saturated heterocycles. The third-order valence-electron chi connectivity index (χ3n) is 2.45. The van der Waals surface area contributed by atoms with Crippen molar-refractivity contribution in [3.05, 3.63) is 18.1 Å². The lowest BCUT2D eigenvalue weighted by molar-refractivity contribution is -0.120. The summed E-state index contributed by atoms with van der Waals surface area (Å²) in [5.74, 6) is -0.779. The van der Waals surface area contributed by atoms with E-state index in [1.807, 2.05) is 0 Å². The molecule has 1 amide bonds. The summed E-state index contributed by atoms with van der Waals surface area (Å²) in [7, 11) is 0. The van der Waals surface area contributed by atoms with Gasteiger partial charge in [0.05, 0.1) is 12.4 Å². The van der Waals surface area contributed by atoms with Gasteiger partial charge in [0, 0.05) is 19.0 Å². The van der Waals surface area contributed by atoms with Crippen LogP contribution in [0.15, 0.2) is 12.4 Å². The van der Waals surface area contributed by atoms with Crippen LogP contribution >= 0.6 is 0 Å². The highest BCUT2D eigenvalue weighted by molar-refractivity contribution is 5.85. The van der Waals surface area contributed by atoms with E-state index in [-0.39, 0.29) is 11.6 Å². The molecule has 1 aliphatic carbocycles. The number of aromatic nitrogens is 2. The molecule has 3 N–H and O–H groups in total. The fourth-order valence-corrected chi connectivity index (χ4v) is 1.39. The molecule has 1 fully saturated rings. The smallest absolute Gasteiger partial charge is 0.356 e. The van der Waals surface area contributed by atoms with Crippen LogP contribution in [-0.4, -0.2) is 39.5 Å². The molecule has 1 heterocycles. The number of nitrogens with zero attached hydrogens (tertiary/aromatic N) is 2. The Kier molecular flexibility index (Phi) is 3.71. The molecule has 0 radical (unpaired) electrons. The summed E-state index contributed by atoms with van der Waals surface area (Å²) in [6.07, 6.45) is 5.05. The molecule has 1 aromatic heterocycles. The molecule has 0 aliphatic heterocycles. The van der Waals surface area contributed by atoms with Gasteiger partial charge in [-0.05, 0) is 12.8 Å². The minimum Gasteiger partial charge on any atom is -0.476 e. The number of carboxylic acids is 1. The number of rotatable bonds is 6. The van der Waals surface area contributed by atoms with Crippen molar-refractivity contribution in [3.63, 3.8) is 0 Å². The molecule has 1 aromatic rings. The van der Waals surface area contributed by atoms with Gasteiger partial charge in [-0.15, -0.1) is 0 Å². The van der Waals surface area contributed by atoms with Gasteiger partial charge in [-0.25, -0.2) is 9.78 Å². The average molecular weight is 250 g/mol. The first-order valence-electron chi connectivity index (χ1n) is 5.74. The van der Waals surface area contributed by atoms with Crippen molar-refractivity contribution in [3.8, 4) is 0 Å². The van der Waals surface area contributed by atoms with Crippen molar-refractivity contribution in [2.24, 2.45) is 0 Å². The summed E-state index contributed by atoms with van der Waals surface area (Å²) >= 11 is 0. The Morgan fingerprint density at radius 3 is 2.83 bits per heavy atom. The van der Waals surface area contributed by atoms with Gasteiger partial charge in [0.25, 0.3) is 0 Å². The van der Waals surface area contributed by atoms with Gasteiger partial charge in [0.2, 0.25) is 5.91 Å². The first kappa shape index (κ1) is 12.3. The van der Waals surface area contributed by atoms with Gasteiger partial charge in [0.1, 0.15) is 5.82 Å². The Morgan fingerprint density at radius 2 is 2.17 bits per heavy atom. The van der Waals surface area contributed by atoms with Crippen LogP contribution in [0.2, 0.25) is 0 Å². The molecule has 7 heteroatoms. The summed E-state index contributed by atoms with van der Waals surface area (Å²) in [6.45, 7) is 0.399. The Morgan fingerprint density at radius 1 is 1.39 bits per heavy atom. The van der Waals surface area contributed by atoms with E-state index in [1.54, 1.807) is 0 Å². The zero-order valence-electron chi connectivity index (χ0n) is 9.72. The Labute approximate surface area is 104 Å². The topological polar surface area (TPSA) is 104 Å². The predicted octanol–water partition coefficient (Wildman–Crippen LogP) is 0.255. The van der Waals surface area contributed by atoms with E-state index in [1.165, 1.54) is 12.4 Å². The van der Waals surface area contributed by atoms with Crippen molar-refractivity contribution in [1.82, 2.24) is 15.3 Å². The van der Waals surface area contributed by atoms with Crippen molar-refractivity contribution in [1.29, 1.82) is 0 Å². The van der Waals surface area contributed by atoms with E-state index >= 15 is 0 Å². The maximum atomic E-state index is 11.4. The van der Waals surface area contributed by atoms with Gasteiger partial charge < -0.3 is 15.7 Å². The van der Waals surface area contributed by atoms with Crippen molar-refractivity contribution in [2.45, 2.75) is 25.3 Å². The highest BCUT2D eigenvalue weighted by Gasteiger charge is 2.22. The lowest BCUT2D eigenvalue weighted by atomic mass is 10.4. The second-order valence-electron chi connectivity index (χ2n) is 4.11. The Hall–Kier alpha value is -2.18. The maximum absolute atomic E-state index is 11.4. The standard InChI is InChI=1S/C11H14N4O3/c16-10(14-7-1-2-7)3-4-13-9-6-12-5-8(15-9)11(17)18/h5-7H,1-4H2,(H,13,15)(H,14,16)(H,17,18). The molecule has 0 unspecified atom stereocenters. The normalized spacial score (nSPS) is 14.0. The highest BCUT2D eigenvalue weighted by atomic mass is 16.4. The third-order valence-corrected chi connectivity index (χ3v) is 2.45. The fourth-order valence-electron chi connectivity index (χ4n) is 1.39. The second kappa shape index (κ2) is 5.44. The largest absolute Gasteiger partial charge is 0.476 e. The SMILES string of the molecule is O=C(CCNc1cncc(C(=O)O)n1)NC1CC1. The van der Waals surface area contributed by atoms with Crippen molar-refractivity contribution in [2.75, 3.05) is 11.9 Å². The quantitative estimate of drug-likeness (QED) is 0.668. The predicted molar refractivity (Wildman–Crippen MR) is 63.3 cm³/mol. The van der Waals surface area contributed by atoms with Gasteiger partial charge in [-0.3, -0.25) is 9.78 Å². The Bertz CT molecular complexity index is 459. The number of hydrogen-bond acceptors (Lipinski definition) is 5. The average Bonchev–Trinajstić information content (AvgIpc) is 3.13. The van der Waals surface area contributed by atoms with Crippen LogP contribution in [-0.2, 0) is 4.79 Å². The highest BCUT2D eigenvalue weighted by Crippen LogP contribution is 2.18. The lowest BCUT2D eigenvalue weighted by Gasteiger charge is -2.06. The first-order chi connectivity index (χ1) is 8.65. The lowest BCUT2D eigenvalue weighted by Crippen LogP contribution is -2.27. The number of amides is 1. The van der Waals surface area contributed by atoms with Crippen LogP contribution in [0.1, 0.15) is 29.8 Å². The number of nitrogens with one attached hydrogen (secondary N) is 2. The molecular weight excluding hydrogens is 236 g/mol. The zero-order valence-corrected chi connectivity index (χ0v) is 9.72. The first-order valence-corrected chi connectivity index (χ1v) is 5.74. The number of anilines is 1. The molecule has 1 saturated carbocycles. The van der Waals surface area contributed by atoms with E-state index in [2.05, 4.69) is 20.6 Å². The van der Waals surface area contributed by atoms with Gasteiger partial charge in [-0.2, -0.15) is 0 Å². The van der Waals surface area contributed by atoms with Crippen LogP contribution in [0.3, 0.4) is 0 Å². The molecule has 18 heavy (non-hydrogen) atoms. The molecule has 1 aliphatic rings. The minimum absolute atomic E-state index is 0.00708. The Balaban J connectivity index is 1.76. The minimum atomic E-state index is -1.13. The van der Waals surface area contributed by atoms with E-state index < -0.39 is 5.97 Å². The van der Waals surface area contributed by atoms with Crippen LogP contribution in [0.5, 0.6) is 0 Å². The molecular formula is C11H14N4O3. The number of aromatic carboxylic acids is 1. The van der Waals surface area contributed by atoms with E-state index in [0.717, 1.165) is 12.8 Å². The monoisotopic (exact) mass is 250 g/mol. The zero-order chi connectivity index (χ0) is 13.0. The number of carbonyl (C=O) groups is 2. The molecule has 2 rings (SSSR count). The van der Waals surface area contributed by atoms with E-state index in [4.69, 9.17) is 5.11 Å². The number of hydrogen-bond donors (Lipinski definition) is 3. The van der Waals surface area contributed by atoms with Crippen LogP contribution in [0, 0.1) is 0 Å². The fraction of sp³-hybridized carbons (Fsp3) is 0.455. The molecule has 0 spiro atoms. The van der Waals surface area contributed by atoms with Crippen LogP contribution in [0.25, 0.3) is 0 Å². The summed E-state index contributed by atoms with van der Waals surface area (Å²) in [5, 5.41) is 14.5. The summed E-state index contributed by atoms with van der Waals surface area (Å²) in [4.78, 5) is 29.6. The van der Waals surface area contributed by atoms with E-state index in [9.17, 15) is 9.59 Å². The number of carboxylic acid groups (broad SMARTS) is 1. The second-order valence-corrected chi connectivity index (χ2v) is 4.11. The third kappa shape index (κ3) is 3.69. The summed E-state index contributed by atoms with van der Waals surface area (Å²) < 4.78 is 0. The van der Waals surface area contributed by atoms with Gasteiger partial charge >= 0.3 is 5.97 Å². The summed E-state index contributed by atoms with van der Waals surface area (Å²) in [6, 6.07) is 0.354. The summed E-state index contributed by atoms with van der Waals surface area (Å²) in [5.41, 5.74) is -0.123. The molecule has 7 nitrogen and oxygen atoms in total. The molecule has 0 aromatic carbocycles. The van der Waals surface area contributed by atoms with Crippen LogP contribution in [0.4, 0.5) is 5.82 Å². The van der Waals surface area contributed by atoms with E-state index in [0.29, 0.717) is 24.8 Å². The van der Waals surface area contributed by atoms with Crippen LogP contribution < -0.4 is 10.6 Å².